The van der Waals surface area contributed by atoms with Crippen LogP contribution in [0.4, 0.5) is 25.8 Å². The van der Waals surface area contributed by atoms with Gasteiger partial charge in [-0.05, 0) is 60.7 Å². The molecule has 0 bridgehead atoms. The Labute approximate surface area is 379 Å². The van der Waals surface area contributed by atoms with Gasteiger partial charge in [0.15, 0.2) is 5.79 Å². The molecule has 0 saturated carbocycles. The van der Waals surface area contributed by atoms with Crippen molar-refractivity contribution in [2.75, 3.05) is 94.9 Å². The van der Waals surface area contributed by atoms with Crippen LogP contribution < -0.4 is 29.9 Å². The van der Waals surface area contributed by atoms with Gasteiger partial charge in [0.1, 0.15) is 24.1 Å². The number of halogens is 2. The summed E-state index contributed by atoms with van der Waals surface area (Å²) in [5.74, 6) is 3.53. The number of benzene rings is 3. The van der Waals surface area contributed by atoms with Crippen molar-refractivity contribution in [1.82, 2.24) is 20.0 Å². The summed E-state index contributed by atoms with van der Waals surface area (Å²) in [5, 5.41) is 5.68. The van der Waals surface area contributed by atoms with Crippen molar-refractivity contribution < 1.29 is 37.3 Å². The van der Waals surface area contributed by atoms with Crippen LogP contribution in [0.15, 0.2) is 49.0 Å². The number of carbonyl (C=O) groups excluding carboxylic acids is 2. The molecule has 4 fully saturated rings. The third-order valence-electron chi connectivity index (χ3n) is 15.0. The Morgan fingerprint density at radius 3 is 2.54 bits per heavy atom. The smallest absolute Gasteiger partial charge is 0.251 e. The van der Waals surface area contributed by atoms with Crippen molar-refractivity contribution in [3.63, 3.8) is 0 Å². The third kappa shape index (κ3) is 7.96. The summed E-state index contributed by atoms with van der Waals surface area (Å²) in [5.41, 5.74) is 9.43. The highest BCUT2D eigenvalue weighted by Gasteiger charge is 2.44. The molecule has 2 N–H and O–H groups in total. The molecule has 4 saturated heterocycles. The summed E-state index contributed by atoms with van der Waals surface area (Å²) in [7, 11) is 3.48. The Morgan fingerprint density at radius 2 is 1.82 bits per heavy atom. The van der Waals surface area contributed by atoms with Gasteiger partial charge < -0.3 is 39.0 Å². The number of imide groups is 1. The zero-order valence-corrected chi connectivity index (χ0v) is 37.5. The molecular formula is C50H59F2N7O6. The van der Waals surface area contributed by atoms with Crippen LogP contribution in [0.1, 0.15) is 72.0 Å². The van der Waals surface area contributed by atoms with E-state index < -0.39 is 24.3 Å². The Balaban J connectivity index is 0.747. The number of methoxy groups -OCH3 is 1. The molecule has 3 aromatic rings. The van der Waals surface area contributed by atoms with Crippen molar-refractivity contribution in [2.24, 2.45) is 5.92 Å². The molecule has 7 heterocycles. The number of fused-ring (bicyclic) bond motifs is 5. The third-order valence-corrected chi connectivity index (χ3v) is 15.0. The van der Waals surface area contributed by atoms with Gasteiger partial charge in [-0.3, -0.25) is 24.7 Å². The Hall–Kier alpha value is -5.40. The zero-order valence-electron chi connectivity index (χ0n) is 37.5. The van der Waals surface area contributed by atoms with E-state index in [1.54, 1.807) is 7.11 Å². The summed E-state index contributed by atoms with van der Waals surface area (Å²) < 4.78 is 53.9. The Kier molecular flexibility index (Phi) is 11.7. The number of nitrogens with one attached hydrogen (secondary N) is 2. The molecule has 7 aliphatic heterocycles. The van der Waals surface area contributed by atoms with E-state index in [-0.39, 0.29) is 36.4 Å². The molecule has 2 amide bonds. The highest BCUT2D eigenvalue weighted by molar-refractivity contribution is 6.01. The fourth-order valence-electron chi connectivity index (χ4n) is 11.6. The van der Waals surface area contributed by atoms with Crippen LogP contribution in [0.2, 0.25) is 0 Å². The second kappa shape index (κ2) is 17.4. The lowest BCUT2D eigenvalue weighted by molar-refractivity contribution is -0.291. The van der Waals surface area contributed by atoms with E-state index in [1.165, 1.54) is 0 Å². The first kappa shape index (κ1) is 43.5. The van der Waals surface area contributed by atoms with Gasteiger partial charge in [-0.25, -0.2) is 8.78 Å². The molecule has 4 atom stereocenters. The number of piperidine rings is 2. The topological polar surface area (TPSA) is 111 Å². The first-order chi connectivity index (χ1) is 31.5. The van der Waals surface area contributed by atoms with E-state index in [0.717, 1.165) is 114 Å². The molecule has 65 heavy (non-hydrogen) atoms. The van der Waals surface area contributed by atoms with Crippen molar-refractivity contribution >= 4 is 34.6 Å². The zero-order chi connectivity index (χ0) is 45.1. The van der Waals surface area contributed by atoms with E-state index in [4.69, 9.17) is 25.4 Å². The van der Waals surface area contributed by atoms with Gasteiger partial charge >= 0.3 is 0 Å². The van der Waals surface area contributed by atoms with Gasteiger partial charge in [0.25, 0.3) is 6.43 Å². The van der Waals surface area contributed by atoms with E-state index in [2.05, 4.69) is 56.0 Å². The summed E-state index contributed by atoms with van der Waals surface area (Å²) in [4.78, 5) is 35.7. The number of amides is 2. The van der Waals surface area contributed by atoms with Crippen molar-refractivity contribution in [3.8, 4) is 23.8 Å². The van der Waals surface area contributed by atoms with E-state index >= 15 is 0 Å². The molecule has 7 aliphatic rings. The number of terminal acetylenes is 1. The largest absolute Gasteiger partial charge is 0.496 e. The number of anilines is 3. The minimum absolute atomic E-state index is 0.166. The monoisotopic (exact) mass is 891 g/mol. The molecule has 13 nitrogen and oxygen atoms in total. The maximum absolute atomic E-state index is 14.1. The Morgan fingerprint density at radius 1 is 1.03 bits per heavy atom. The predicted molar refractivity (Wildman–Crippen MR) is 244 cm³/mol. The molecule has 10 rings (SSSR count). The lowest BCUT2D eigenvalue weighted by Crippen LogP contribution is -2.59. The van der Waals surface area contributed by atoms with Gasteiger partial charge in [0.05, 0.1) is 50.2 Å². The quantitative estimate of drug-likeness (QED) is 0.211. The number of piperazine rings is 1. The fourth-order valence-corrected chi connectivity index (χ4v) is 11.6. The van der Waals surface area contributed by atoms with Crippen molar-refractivity contribution in [1.29, 1.82) is 0 Å². The van der Waals surface area contributed by atoms with Gasteiger partial charge in [0, 0.05) is 118 Å². The van der Waals surface area contributed by atoms with Gasteiger partial charge in [-0.2, -0.15) is 0 Å². The highest BCUT2D eigenvalue weighted by Crippen LogP contribution is 2.47. The number of nitrogens with zero attached hydrogens (tertiary/aromatic N) is 5. The molecule has 0 radical (unpaired) electrons. The number of alkyl halides is 2. The lowest BCUT2D eigenvalue weighted by atomic mass is 9.82. The van der Waals surface area contributed by atoms with Crippen LogP contribution in [0.5, 0.6) is 11.5 Å². The normalized spacial score (nSPS) is 25.7. The van der Waals surface area contributed by atoms with Crippen LogP contribution in [-0.4, -0.2) is 137 Å². The van der Waals surface area contributed by atoms with E-state index in [0.29, 0.717) is 51.4 Å². The summed E-state index contributed by atoms with van der Waals surface area (Å²) >= 11 is 0. The fraction of sp³-hybridized carbons (Fsp3) is 0.520. The maximum atomic E-state index is 14.1. The van der Waals surface area contributed by atoms with Gasteiger partial charge in [-0.1, -0.05) is 24.6 Å². The van der Waals surface area contributed by atoms with Crippen LogP contribution in [0.3, 0.4) is 0 Å². The van der Waals surface area contributed by atoms with Gasteiger partial charge in [-0.15, -0.1) is 6.42 Å². The minimum Gasteiger partial charge on any atom is -0.496 e. The summed E-state index contributed by atoms with van der Waals surface area (Å²) in [6.07, 6.45) is 6.37. The van der Waals surface area contributed by atoms with Crippen LogP contribution >= 0.6 is 0 Å². The number of rotatable bonds is 9. The molecule has 3 unspecified atom stereocenters. The summed E-state index contributed by atoms with van der Waals surface area (Å²) in [6.45, 7) is 13.4. The molecule has 344 valence electrons. The molecule has 15 heteroatoms. The lowest BCUT2D eigenvalue weighted by Gasteiger charge is -2.48. The molecule has 1 spiro atoms. The van der Waals surface area contributed by atoms with Gasteiger partial charge in [0.2, 0.25) is 11.8 Å². The Bertz CT molecular complexity index is 2410. The first-order valence-corrected chi connectivity index (χ1v) is 23.1. The molecule has 3 aromatic carbocycles. The highest BCUT2D eigenvalue weighted by atomic mass is 19.3. The number of hydrogen-bond donors (Lipinski definition) is 2. The summed E-state index contributed by atoms with van der Waals surface area (Å²) in [6, 6.07) is 13.6. The molecule has 0 aliphatic carbocycles. The van der Waals surface area contributed by atoms with Crippen LogP contribution in [0.25, 0.3) is 5.70 Å². The standard InChI is InChI=1S/C50H59F2N7O6/c1-6-36-40-19-30(2)58(26-46(51)52)48(37(40)9-10-41(36)53-4)38-8-7-34(21-44(38)62-5)56-15-13-50(14-16-56)64-27-32(28-65-50)23-55-17-18-57-35(25-55)29-63-45-22-39-31(3)59(24-33(39)20-43(45)57)42-11-12-47(60)54-49(42)61/h1,7-10,20-22,30,32,35,42,46,48,53H,3,11-19,23-29H2,2,4-5H3,(H,54,60,61)/t30?,35?,42?,48-/m0/s1. The minimum atomic E-state index is -2.49. The second-order valence-corrected chi connectivity index (χ2v) is 18.7. The van der Waals surface area contributed by atoms with Crippen molar-refractivity contribution in [2.45, 2.75) is 82.0 Å². The van der Waals surface area contributed by atoms with Crippen molar-refractivity contribution in [3.05, 3.63) is 82.4 Å². The molecule has 0 aromatic heterocycles. The SMILES string of the molecule is C#Cc1c(NC)ccc2c1CC(C)N(CC(F)F)[C@@H]2c1ccc(N2CCC3(CC2)OCC(CN2CCN4c5cc6c(cc5OCC4C2)C(=C)N(C2CCC(=O)NC2=O)C6)CO3)cc1OC. The average molecular weight is 892 g/mol. The van der Waals surface area contributed by atoms with Crippen LogP contribution in [0, 0.1) is 18.3 Å². The number of hydrogen-bond acceptors (Lipinski definition) is 12. The number of ether oxygens (including phenoxy) is 4. The maximum Gasteiger partial charge on any atom is 0.251 e. The van der Waals surface area contributed by atoms with E-state index in [9.17, 15) is 18.4 Å². The first-order valence-electron chi connectivity index (χ1n) is 23.1. The number of carbonyl (C=O) groups is 2. The molecular weight excluding hydrogens is 833 g/mol. The predicted octanol–water partition coefficient (Wildman–Crippen LogP) is 5.45. The van der Waals surface area contributed by atoms with E-state index in [1.807, 2.05) is 48.0 Å². The average Bonchev–Trinajstić information content (AvgIpc) is 3.62. The second-order valence-electron chi connectivity index (χ2n) is 18.7. The van der Waals surface area contributed by atoms with Crippen LogP contribution in [-0.2, 0) is 32.0 Å².